The van der Waals surface area contributed by atoms with Crippen LogP contribution in [0.2, 0.25) is 0 Å². The van der Waals surface area contributed by atoms with E-state index in [0.717, 1.165) is 54.3 Å². The van der Waals surface area contributed by atoms with Crippen LogP contribution in [0.25, 0.3) is 22.6 Å². The molecule has 1 unspecified atom stereocenters. The minimum atomic E-state index is 0.166. The summed E-state index contributed by atoms with van der Waals surface area (Å²) in [6.45, 7) is 8.30. The van der Waals surface area contributed by atoms with Gasteiger partial charge in [0, 0.05) is 44.0 Å². The van der Waals surface area contributed by atoms with E-state index < -0.39 is 0 Å². The fourth-order valence-electron chi connectivity index (χ4n) is 4.24. The number of rotatable bonds is 5. The van der Waals surface area contributed by atoms with Gasteiger partial charge in [0.2, 0.25) is 5.91 Å². The third-order valence-electron chi connectivity index (χ3n) is 6.15. The molecule has 9 nitrogen and oxygen atoms in total. The van der Waals surface area contributed by atoms with Gasteiger partial charge in [-0.05, 0) is 32.6 Å². The van der Waals surface area contributed by atoms with E-state index in [1.807, 2.05) is 11.8 Å². The van der Waals surface area contributed by atoms with Crippen LogP contribution in [0.15, 0.2) is 18.7 Å². The van der Waals surface area contributed by atoms with Gasteiger partial charge in [0.25, 0.3) is 0 Å². The zero-order valence-corrected chi connectivity index (χ0v) is 17.5. The maximum absolute atomic E-state index is 12.5. The average molecular weight is 406 g/mol. The van der Waals surface area contributed by atoms with Gasteiger partial charge < -0.3 is 14.8 Å². The van der Waals surface area contributed by atoms with E-state index in [0.29, 0.717) is 24.2 Å². The van der Waals surface area contributed by atoms with Crippen LogP contribution in [-0.4, -0.2) is 59.4 Å². The highest BCUT2D eigenvalue weighted by Crippen LogP contribution is 2.40. The fourth-order valence-corrected chi connectivity index (χ4v) is 4.24. The molecule has 2 aliphatic rings. The molecule has 1 N–H and O–H groups in total. The normalized spacial score (nSPS) is 23.2. The molecule has 3 aromatic heterocycles. The van der Waals surface area contributed by atoms with Crippen molar-refractivity contribution in [3.05, 3.63) is 24.5 Å². The maximum atomic E-state index is 12.5. The Morgan fingerprint density at radius 3 is 2.70 bits per heavy atom. The molecule has 0 spiro atoms. The monoisotopic (exact) mass is 406 g/mol. The number of nitrogens with one attached hydrogen (secondary N) is 1. The maximum Gasteiger partial charge on any atom is 0.226 e. The number of aromatic nitrogens is 6. The quantitative estimate of drug-likeness (QED) is 0.693. The molecule has 4 heterocycles. The van der Waals surface area contributed by atoms with Crippen LogP contribution >= 0.6 is 0 Å². The molecule has 1 aliphatic heterocycles. The predicted octanol–water partition coefficient (Wildman–Crippen LogP) is 2.28. The number of nitrogens with zero attached hydrogens (tertiary/aromatic N) is 7. The van der Waals surface area contributed by atoms with E-state index in [-0.39, 0.29) is 12.0 Å². The summed E-state index contributed by atoms with van der Waals surface area (Å²) in [6, 6.07) is 0.166. The largest absolute Gasteiger partial charge is 0.364 e. The first kappa shape index (κ1) is 18.9. The molecule has 0 bridgehead atoms. The highest BCUT2D eigenvalue weighted by molar-refractivity contribution is 5.86. The first-order chi connectivity index (χ1) is 14.5. The lowest BCUT2D eigenvalue weighted by atomic mass is 10.2. The van der Waals surface area contributed by atoms with Crippen LogP contribution in [0, 0.1) is 18.8 Å². The number of fused-ring (bicyclic) bond motifs is 1. The first-order valence-electron chi connectivity index (χ1n) is 10.6. The van der Waals surface area contributed by atoms with E-state index in [2.05, 4.69) is 43.7 Å². The highest BCUT2D eigenvalue weighted by Gasteiger charge is 2.43. The molecule has 1 amide bonds. The number of amides is 1. The highest BCUT2D eigenvalue weighted by atomic mass is 16.2. The smallest absolute Gasteiger partial charge is 0.226 e. The summed E-state index contributed by atoms with van der Waals surface area (Å²) >= 11 is 0. The molecule has 1 aliphatic carbocycles. The molecule has 30 heavy (non-hydrogen) atoms. The Morgan fingerprint density at radius 2 is 2.00 bits per heavy atom. The van der Waals surface area contributed by atoms with Crippen molar-refractivity contribution in [3.8, 4) is 11.4 Å². The third-order valence-corrected chi connectivity index (χ3v) is 6.15. The van der Waals surface area contributed by atoms with Crippen LogP contribution in [0.1, 0.15) is 32.5 Å². The van der Waals surface area contributed by atoms with Gasteiger partial charge >= 0.3 is 0 Å². The Morgan fingerprint density at radius 1 is 1.23 bits per heavy atom. The molecule has 2 fully saturated rings. The minimum absolute atomic E-state index is 0.166. The topological polar surface area (TPSA) is 102 Å². The lowest BCUT2D eigenvalue weighted by Crippen LogP contribution is -2.33. The van der Waals surface area contributed by atoms with Crippen LogP contribution in [0.3, 0.4) is 0 Å². The van der Waals surface area contributed by atoms with E-state index in [1.165, 1.54) is 0 Å². The van der Waals surface area contributed by atoms with E-state index >= 15 is 0 Å². The standard InChI is InChI=1S/C21H26N8O/c1-4-29-19(14-8-22-13(3)23-9-14)27-17-18(24-11-25-20(17)29)26-15-5-6-28(10-15)21(30)16-7-12(16)2/h8-9,11-12,15-16H,4-7,10H2,1-3H3,(H,24,25,26)/t12-,15?,16-/m1/s1. The molecule has 0 radical (unpaired) electrons. The molecule has 156 valence electrons. The Bertz CT molecular complexity index is 1090. The predicted molar refractivity (Wildman–Crippen MR) is 113 cm³/mol. The minimum Gasteiger partial charge on any atom is -0.364 e. The number of aryl methyl sites for hydroxylation is 2. The van der Waals surface area contributed by atoms with Crippen molar-refractivity contribution in [2.45, 2.75) is 46.2 Å². The van der Waals surface area contributed by atoms with Crippen molar-refractivity contribution in [2.24, 2.45) is 11.8 Å². The molecule has 3 aromatic rings. The number of carbonyl (C=O) groups is 1. The lowest BCUT2D eigenvalue weighted by Gasteiger charge is -2.17. The molecular formula is C21H26N8O. The van der Waals surface area contributed by atoms with Crippen molar-refractivity contribution < 1.29 is 4.79 Å². The molecule has 5 rings (SSSR count). The van der Waals surface area contributed by atoms with E-state index in [9.17, 15) is 4.79 Å². The van der Waals surface area contributed by atoms with Crippen LogP contribution in [0.5, 0.6) is 0 Å². The first-order valence-corrected chi connectivity index (χ1v) is 10.6. The summed E-state index contributed by atoms with van der Waals surface area (Å²) in [5, 5.41) is 3.51. The van der Waals surface area contributed by atoms with Crippen molar-refractivity contribution in [2.75, 3.05) is 18.4 Å². The SMILES string of the molecule is CCn1c(-c2cnc(C)nc2)nc2c(NC3CCN(C(=O)[C@@H]4C[C@H]4C)C3)ncnc21. The Hall–Kier alpha value is -3.10. The van der Waals surface area contributed by atoms with Gasteiger partial charge in [0.05, 0.1) is 5.56 Å². The summed E-state index contributed by atoms with van der Waals surface area (Å²) in [4.78, 5) is 36.9. The molecule has 0 aromatic carbocycles. The summed E-state index contributed by atoms with van der Waals surface area (Å²) in [5.74, 6) is 3.28. The number of hydrogen-bond acceptors (Lipinski definition) is 7. The van der Waals surface area contributed by atoms with Crippen molar-refractivity contribution in [3.63, 3.8) is 0 Å². The lowest BCUT2D eigenvalue weighted by molar-refractivity contribution is -0.131. The Labute approximate surface area is 175 Å². The summed E-state index contributed by atoms with van der Waals surface area (Å²) < 4.78 is 2.05. The van der Waals surface area contributed by atoms with Crippen LogP contribution < -0.4 is 5.32 Å². The fraction of sp³-hybridized carbons (Fsp3) is 0.524. The van der Waals surface area contributed by atoms with Gasteiger partial charge in [-0.1, -0.05) is 6.92 Å². The van der Waals surface area contributed by atoms with Gasteiger partial charge in [0.1, 0.15) is 18.0 Å². The van der Waals surface area contributed by atoms with Crippen LogP contribution in [-0.2, 0) is 11.3 Å². The van der Waals surface area contributed by atoms with E-state index in [4.69, 9.17) is 4.98 Å². The van der Waals surface area contributed by atoms with Gasteiger partial charge in [-0.2, -0.15) is 0 Å². The van der Waals surface area contributed by atoms with Gasteiger partial charge in [-0.15, -0.1) is 0 Å². The molecular weight excluding hydrogens is 380 g/mol. The van der Waals surface area contributed by atoms with Gasteiger partial charge in [0.15, 0.2) is 17.0 Å². The van der Waals surface area contributed by atoms with Gasteiger partial charge in [-0.25, -0.2) is 24.9 Å². The Balaban J connectivity index is 1.41. The summed E-state index contributed by atoms with van der Waals surface area (Å²) in [6.07, 6.45) is 7.08. The van der Waals surface area contributed by atoms with Gasteiger partial charge in [-0.3, -0.25) is 4.79 Å². The second-order valence-electron chi connectivity index (χ2n) is 8.33. The molecule has 3 atom stereocenters. The number of carbonyl (C=O) groups excluding carboxylic acids is 1. The number of hydrogen-bond donors (Lipinski definition) is 1. The number of likely N-dealkylation sites (tertiary alicyclic amines) is 1. The number of imidazole rings is 1. The van der Waals surface area contributed by atoms with Crippen molar-refractivity contribution in [1.82, 2.24) is 34.4 Å². The second-order valence-corrected chi connectivity index (χ2v) is 8.33. The third kappa shape index (κ3) is 3.28. The zero-order valence-electron chi connectivity index (χ0n) is 17.5. The van der Waals surface area contributed by atoms with Crippen molar-refractivity contribution >= 4 is 22.9 Å². The summed E-state index contributed by atoms with van der Waals surface area (Å²) in [7, 11) is 0. The molecule has 9 heteroatoms. The molecule has 1 saturated heterocycles. The second kappa shape index (κ2) is 7.30. The zero-order chi connectivity index (χ0) is 20.8. The van der Waals surface area contributed by atoms with Crippen molar-refractivity contribution in [1.29, 1.82) is 0 Å². The Kier molecular flexibility index (Phi) is 4.60. The number of anilines is 1. The van der Waals surface area contributed by atoms with E-state index in [1.54, 1.807) is 18.7 Å². The molecule has 1 saturated carbocycles. The van der Waals surface area contributed by atoms with Crippen LogP contribution in [0.4, 0.5) is 5.82 Å². The average Bonchev–Trinajstić information content (AvgIpc) is 3.14. The summed E-state index contributed by atoms with van der Waals surface area (Å²) in [5.41, 5.74) is 2.36.